The van der Waals surface area contributed by atoms with Crippen LogP contribution in [0.5, 0.6) is 11.5 Å². The van der Waals surface area contributed by atoms with Gasteiger partial charge >= 0.3 is 0 Å². The molecule has 2 aromatic carbocycles. The van der Waals surface area contributed by atoms with Crippen molar-refractivity contribution in [3.8, 4) is 11.5 Å². The summed E-state index contributed by atoms with van der Waals surface area (Å²) in [5, 5.41) is 25.2. The highest BCUT2D eigenvalue weighted by Crippen LogP contribution is 2.29. The summed E-state index contributed by atoms with van der Waals surface area (Å²) in [6.45, 7) is 0.968. The minimum absolute atomic E-state index is 0.0471. The van der Waals surface area contributed by atoms with E-state index in [1.165, 1.54) is 23.8 Å². The number of hydrogen-bond acceptors (Lipinski definition) is 4. The number of nitrogens with one attached hydrogen (secondary N) is 2. The summed E-state index contributed by atoms with van der Waals surface area (Å²) in [5.74, 6) is -1.17. The number of amides is 1. The average Bonchev–Trinajstić information content (AvgIpc) is 2.50. The Morgan fingerprint density at radius 2 is 2.05 bits per heavy atom. The highest BCUT2D eigenvalue weighted by molar-refractivity contribution is 6.06. The molecular formula is C16H16N2O3. The first kappa shape index (κ1) is 13.3. The summed E-state index contributed by atoms with van der Waals surface area (Å²) < 4.78 is 0. The first-order valence-electron chi connectivity index (χ1n) is 6.84. The third kappa shape index (κ3) is 2.63. The van der Waals surface area contributed by atoms with Crippen LogP contribution in [0.25, 0.3) is 0 Å². The van der Waals surface area contributed by atoms with Crippen molar-refractivity contribution < 1.29 is 15.0 Å². The zero-order valence-corrected chi connectivity index (χ0v) is 11.4. The van der Waals surface area contributed by atoms with E-state index in [-0.39, 0.29) is 11.3 Å². The van der Waals surface area contributed by atoms with Crippen molar-refractivity contribution in [3.63, 3.8) is 0 Å². The number of hydrogen-bond donors (Lipinski definition) is 4. The second kappa shape index (κ2) is 5.36. The number of anilines is 2. The van der Waals surface area contributed by atoms with E-state index in [0.29, 0.717) is 5.69 Å². The highest BCUT2D eigenvalue weighted by atomic mass is 16.3. The molecule has 1 aliphatic heterocycles. The van der Waals surface area contributed by atoms with Gasteiger partial charge in [0, 0.05) is 17.9 Å². The maximum atomic E-state index is 12.2. The number of fused-ring (bicyclic) bond motifs is 1. The summed E-state index contributed by atoms with van der Waals surface area (Å²) >= 11 is 0. The molecule has 2 aromatic rings. The quantitative estimate of drug-likeness (QED) is 0.639. The molecule has 3 rings (SSSR count). The maximum absolute atomic E-state index is 12.2. The van der Waals surface area contributed by atoms with Crippen LogP contribution in [-0.4, -0.2) is 22.7 Å². The second-order valence-corrected chi connectivity index (χ2v) is 5.03. The fraction of sp³-hybridized carbons (Fsp3) is 0.188. The smallest absolute Gasteiger partial charge is 0.259 e. The van der Waals surface area contributed by atoms with Crippen molar-refractivity contribution in [3.05, 3.63) is 47.5 Å². The number of rotatable bonds is 2. The van der Waals surface area contributed by atoms with Crippen LogP contribution in [0.2, 0.25) is 0 Å². The van der Waals surface area contributed by atoms with Crippen molar-refractivity contribution in [1.29, 1.82) is 0 Å². The van der Waals surface area contributed by atoms with Crippen molar-refractivity contribution in [2.75, 3.05) is 17.2 Å². The number of aryl methyl sites for hydroxylation is 1. The molecule has 0 bridgehead atoms. The van der Waals surface area contributed by atoms with Gasteiger partial charge in [-0.05, 0) is 48.7 Å². The molecule has 0 spiro atoms. The lowest BCUT2D eigenvalue weighted by Gasteiger charge is -2.19. The number of carbonyl (C=O) groups is 1. The molecule has 1 aliphatic rings. The Kier molecular flexibility index (Phi) is 3.39. The molecule has 0 saturated heterocycles. The Labute approximate surface area is 122 Å². The third-order valence-electron chi connectivity index (χ3n) is 3.56. The van der Waals surface area contributed by atoms with Crippen LogP contribution in [0.4, 0.5) is 11.4 Å². The SMILES string of the molecule is O=C(Nc1ccc2c(c1)CCCN2)c1cccc(O)c1O. The summed E-state index contributed by atoms with van der Waals surface area (Å²) in [7, 11) is 0. The van der Waals surface area contributed by atoms with Gasteiger partial charge in [-0.3, -0.25) is 4.79 Å². The number of carbonyl (C=O) groups excluding carboxylic acids is 1. The molecule has 0 aliphatic carbocycles. The summed E-state index contributed by atoms with van der Waals surface area (Å²) in [6.07, 6.45) is 2.04. The highest BCUT2D eigenvalue weighted by Gasteiger charge is 2.15. The topological polar surface area (TPSA) is 81.6 Å². The molecule has 1 amide bonds. The summed E-state index contributed by atoms with van der Waals surface area (Å²) in [5.41, 5.74) is 2.98. The summed E-state index contributed by atoms with van der Waals surface area (Å²) in [4.78, 5) is 12.2. The normalized spacial score (nSPS) is 13.1. The van der Waals surface area contributed by atoms with E-state index in [9.17, 15) is 15.0 Å². The fourth-order valence-corrected chi connectivity index (χ4v) is 2.47. The standard InChI is InChI=1S/C16H16N2O3/c19-14-5-1-4-12(15(14)20)16(21)18-11-6-7-13-10(9-11)3-2-8-17-13/h1,4-7,9,17,19-20H,2-3,8H2,(H,18,21). The lowest BCUT2D eigenvalue weighted by molar-refractivity contribution is 0.102. The minimum Gasteiger partial charge on any atom is -0.504 e. The first-order chi connectivity index (χ1) is 10.1. The van der Waals surface area contributed by atoms with E-state index in [1.54, 1.807) is 0 Å². The van der Waals surface area contributed by atoms with Gasteiger partial charge < -0.3 is 20.8 Å². The van der Waals surface area contributed by atoms with Gasteiger partial charge in [-0.15, -0.1) is 0 Å². The molecule has 1 heterocycles. The van der Waals surface area contributed by atoms with E-state index >= 15 is 0 Å². The average molecular weight is 284 g/mol. The van der Waals surface area contributed by atoms with Crippen LogP contribution in [0, 0.1) is 0 Å². The van der Waals surface area contributed by atoms with Crippen LogP contribution in [0.15, 0.2) is 36.4 Å². The molecule has 0 radical (unpaired) electrons. The number of aromatic hydroxyl groups is 2. The Balaban J connectivity index is 1.83. The lowest BCUT2D eigenvalue weighted by atomic mass is 10.0. The van der Waals surface area contributed by atoms with Gasteiger partial charge in [0.25, 0.3) is 5.91 Å². The predicted octanol–water partition coefficient (Wildman–Crippen LogP) is 2.71. The van der Waals surface area contributed by atoms with E-state index < -0.39 is 11.7 Å². The minimum atomic E-state index is -0.452. The van der Waals surface area contributed by atoms with Crippen molar-refractivity contribution >= 4 is 17.3 Å². The van der Waals surface area contributed by atoms with Crippen molar-refractivity contribution in [2.45, 2.75) is 12.8 Å². The Bertz CT molecular complexity index is 698. The third-order valence-corrected chi connectivity index (χ3v) is 3.56. The first-order valence-corrected chi connectivity index (χ1v) is 6.84. The monoisotopic (exact) mass is 284 g/mol. The number of para-hydroxylation sites is 1. The van der Waals surface area contributed by atoms with Crippen LogP contribution < -0.4 is 10.6 Å². The van der Waals surface area contributed by atoms with Gasteiger partial charge in [-0.25, -0.2) is 0 Å². The van der Waals surface area contributed by atoms with Crippen molar-refractivity contribution in [2.24, 2.45) is 0 Å². The van der Waals surface area contributed by atoms with Crippen LogP contribution in [-0.2, 0) is 6.42 Å². The van der Waals surface area contributed by atoms with Crippen LogP contribution >= 0.6 is 0 Å². The van der Waals surface area contributed by atoms with Gasteiger partial charge in [0.05, 0.1) is 5.56 Å². The summed E-state index contributed by atoms with van der Waals surface area (Å²) in [6, 6.07) is 9.99. The van der Waals surface area contributed by atoms with Gasteiger partial charge in [0.1, 0.15) is 0 Å². The number of benzene rings is 2. The molecule has 0 saturated carbocycles. The largest absolute Gasteiger partial charge is 0.504 e. The Morgan fingerprint density at radius 3 is 2.90 bits per heavy atom. The molecule has 5 nitrogen and oxygen atoms in total. The molecule has 0 fully saturated rings. The Hall–Kier alpha value is -2.69. The zero-order valence-electron chi connectivity index (χ0n) is 11.4. The van der Waals surface area contributed by atoms with Crippen LogP contribution in [0.3, 0.4) is 0 Å². The van der Waals surface area contributed by atoms with E-state index in [0.717, 1.165) is 25.1 Å². The van der Waals surface area contributed by atoms with Gasteiger partial charge in [0.2, 0.25) is 0 Å². The van der Waals surface area contributed by atoms with E-state index in [1.807, 2.05) is 18.2 Å². The molecule has 0 unspecified atom stereocenters. The van der Waals surface area contributed by atoms with Crippen molar-refractivity contribution in [1.82, 2.24) is 0 Å². The molecule has 5 heteroatoms. The van der Waals surface area contributed by atoms with E-state index in [2.05, 4.69) is 10.6 Å². The number of phenols is 2. The maximum Gasteiger partial charge on any atom is 0.259 e. The molecule has 4 N–H and O–H groups in total. The predicted molar refractivity (Wildman–Crippen MR) is 81.0 cm³/mol. The second-order valence-electron chi connectivity index (χ2n) is 5.03. The van der Waals surface area contributed by atoms with E-state index in [4.69, 9.17) is 0 Å². The molecule has 0 aromatic heterocycles. The van der Waals surface area contributed by atoms with Crippen LogP contribution in [0.1, 0.15) is 22.3 Å². The van der Waals surface area contributed by atoms with Gasteiger partial charge in [0.15, 0.2) is 11.5 Å². The molecule has 108 valence electrons. The molecule has 0 atom stereocenters. The van der Waals surface area contributed by atoms with Gasteiger partial charge in [-0.2, -0.15) is 0 Å². The lowest BCUT2D eigenvalue weighted by Crippen LogP contribution is -2.14. The fourth-order valence-electron chi connectivity index (χ4n) is 2.47. The molecular weight excluding hydrogens is 268 g/mol. The zero-order chi connectivity index (χ0) is 14.8. The molecule has 21 heavy (non-hydrogen) atoms. The number of phenolic OH excluding ortho intramolecular Hbond substituents is 2. The van der Waals surface area contributed by atoms with Gasteiger partial charge in [-0.1, -0.05) is 6.07 Å². The Morgan fingerprint density at radius 1 is 1.19 bits per heavy atom.